The average Bonchev–Trinajstić information content (AvgIpc) is 2.42. The van der Waals surface area contributed by atoms with E-state index in [9.17, 15) is 4.79 Å². The fourth-order valence-electron chi connectivity index (χ4n) is 2.74. The van der Waals surface area contributed by atoms with Gasteiger partial charge in [0.25, 0.3) is 5.91 Å². The first-order valence-electron chi connectivity index (χ1n) is 7.03. The second-order valence-electron chi connectivity index (χ2n) is 5.40. The number of carbonyl (C=O) groups is 1. The fraction of sp³-hybridized carbons (Fsp3) is 0.533. The maximum atomic E-state index is 12.7. The van der Waals surface area contributed by atoms with Crippen molar-refractivity contribution in [1.82, 2.24) is 9.80 Å². The largest absolute Gasteiger partial charge is 0.398 e. The van der Waals surface area contributed by atoms with Crippen molar-refractivity contribution in [2.45, 2.75) is 26.8 Å². The molecule has 0 saturated carbocycles. The Hall–Kier alpha value is -1.07. The Morgan fingerprint density at radius 1 is 1.45 bits per heavy atom. The Kier molecular flexibility index (Phi) is 4.70. The molecule has 110 valence electrons. The Balaban J connectivity index is 2.21. The Labute approximate surface area is 129 Å². The first kappa shape index (κ1) is 15.3. The summed E-state index contributed by atoms with van der Waals surface area (Å²) in [5.41, 5.74) is 8.17. The summed E-state index contributed by atoms with van der Waals surface area (Å²) in [4.78, 5) is 17.0. The molecule has 20 heavy (non-hydrogen) atoms. The van der Waals surface area contributed by atoms with E-state index in [1.807, 2.05) is 24.0 Å². The molecule has 1 amide bonds. The zero-order valence-corrected chi connectivity index (χ0v) is 13.9. The SMILES string of the molecule is CCN1CCN(C(=O)c2cc(Br)cc(N)c2C)CC1C. The number of nitrogens with zero attached hydrogens (tertiary/aromatic N) is 2. The summed E-state index contributed by atoms with van der Waals surface area (Å²) < 4.78 is 0.851. The number of nitrogens with two attached hydrogens (primary N) is 1. The molecule has 0 spiro atoms. The highest BCUT2D eigenvalue weighted by atomic mass is 79.9. The molecule has 1 saturated heterocycles. The van der Waals surface area contributed by atoms with E-state index in [1.165, 1.54) is 0 Å². The van der Waals surface area contributed by atoms with Crippen LogP contribution in [-0.2, 0) is 0 Å². The third-order valence-electron chi connectivity index (χ3n) is 4.10. The smallest absolute Gasteiger partial charge is 0.254 e. The van der Waals surface area contributed by atoms with Gasteiger partial charge in [-0.3, -0.25) is 9.69 Å². The first-order valence-corrected chi connectivity index (χ1v) is 7.82. The monoisotopic (exact) mass is 339 g/mol. The molecular weight excluding hydrogens is 318 g/mol. The van der Waals surface area contributed by atoms with Crippen LogP contribution in [0.25, 0.3) is 0 Å². The molecule has 0 bridgehead atoms. The van der Waals surface area contributed by atoms with Crippen molar-refractivity contribution in [3.63, 3.8) is 0 Å². The van der Waals surface area contributed by atoms with E-state index in [2.05, 4.69) is 34.7 Å². The van der Waals surface area contributed by atoms with Gasteiger partial charge in [0.05, 0.1) is 0 Å². The summed E-state index contributed by atoms with van der Waals surface area (Å²) in [7, 11) is 0. The van der Waals surface area contributed by atoms with Gasteiger partial charge < -0.3 is 10.6 Å². The average molecular weight is 340 g/mol. The van der Waals surface area contributed by atoms with E-state index < -0.39 is 0 Å². The predicted octanol–water partition coefficient (Wildman–Crippen LogP) is 2.51. The van der Waals surface area contributed by atoms with Crippen LogP contribution in [0.5, 0.6) is 0 Å². The minimum atomic E-state index is 0.0816. The van der Waals surface area contributed by atoms with Crippen LogP contribution >= 0.6 is 15.9 Å². The number of rotatable bonds is 2. The Morgan fingerprint density at radius 2 is 2.15 bits per heavy atom. The summed E-state index contributed by atoms with van der Waals surface area (Å²) in [6, 6.07) is 4.11. The second-order valence-corrected chi connectivity index (χ2v) is 6.31. The molecule has 2 N–H and O–H groups in total. The molecule has 4 nitrogen and oxygen atoms in total. The lowest BCUT2D eigenvalue weighted by Crippen LogP contribution is -2.53. The zero-order chi connectivity index (χ0) is 14.9. The highest BCUT2D eigenvalue weighted by Gasteiger charge is 2.27. The third kappa shape index (κ3) is 2.99. The van der Waals surface area contributed by atoms with E-state index in [-0.39, 0.29) is 5.91 Å². The van der Waals surface area contributed by atoms with Crippen LogP contribution in [0.15, 0.2) is 16.6 Å². The quantitative estimate of drug-likeness (QED) is 0.842. The van der Waals surface area contributed by atoms with Crippen LogP contribution in [-0.4, -0.2) is 47.9 Å². The van der Waals surface area contributed by atoms with Crippen molar-refractivity contribution in [2.24, 2.45) is 0 Å². The second kappa shape index (κ2) is 6.14. The molecule has 2 rings (SSSR count). The van der Waals surface area contributed by atoms with Gasteiger partial charge in [-0.05, 0) is 38.1 Å². The van der Waals surface area contributed by atoms with Crippen molar-refractivity contribution < 1.29 is 4.79 Å². The van der Waals surface area contributed by atoms with E-state index in [4.69, 9.17) is 5.73 Å². The number of amides is 1. The van der Waals surface area contributed by atoms with Crippen molar-refractivity contribution >= 4 is 27.5 Å². The molecule has 1 aromatic rings. The first-order chi connectivity index (χ1) is 9.43. The van der Waals surface area contributed by atoms with Gasteiger partial charge in [0.1, 0.15) is 0 Å². The fourth-order valence-corrected chi connectivity index (χ4v) is 3.22. The van der Waals surface area contributed by atoms with E-state index in [0.717, 1.165) is 36.2 Å². The predicted molar refractivity (Wildman–Crippen MR) is 85.9 cm³/mol. The minimum absolute atomic E-state index is 0.0816. The maximum Gasteiger partial charge on any atom is 0.254 e. The summed E-state index contributed by atoms with van der Waals surface area (Å²) in [5.74, 6) is 0.0816. The number of carbonyl (C=O) groups excluding carboxylic acids is 1. The van der Waals surface area contributed by atoms with Gasteiger partial charge in [-0.1, -0.05) is 22.9 Å². The molecule has 1 atom stereocenters. The molecule has 1 fully saturated rings. The number of anilines is 1. The van der Waals surface area contributed by atoms with Gasteiger partial charge in [0.2, 0.25) is 0 Å². The van der Waals surface area contributed by atoms with Crippen LogP contribution in [0.4, 0.5) is 5.69 Å². The van der Waals surface area contributed by atoms with E-state index in [0.29, 0.717) is 17.3 Å². The number of piperazine rings is 1. The number of likely N-dealkylation sites (N-methyl/N-ethyl adjacent to an activating group) is 1. The summed E-state index contributed by atoms with van der Waals surface area (Å²) in [6.45, 7) is 9.76. The molecule has 0 aliphatic carbocycles. The van der Waals surface area contributed by atoms with Crippen LogP contribution < -0.4 is 5.73 Å². The molecule has 1 heterocycles. The third-order valence-corrected chi connectivity index (χ3v) is 4.56. The number of nitrogen functional groups attached to an aromatic ring is 1. The molecule has 0 radical (unpaired) electrons. The van der Waals surface area contributed by atoms with Crippen LogP contribution in [0, 0.1) is 6.92 Å². The minimum Gasteiger partial charge on any atom is -0.398 e. The summed E-state index contributed by atoms with van der Waals surface area (Å²) in [5, 5.41) is 0. The topological polar surface area (TPSA) is 49.6 Å². The van der Waals surface area contributed by atoms with Gasteiger partial charge in [-0.15, -0.1) is 0 Å². The van der Waals surface area contributed by atoms with Crippen LogP contribution in [0.3, 0.4) is 0 Å². The van der Waals surface area contributed by atoms with Crippen molar-refractivity contribution in [3.8, 4) is 0 Å². The van der Waals surface area contributed by atoms with Gasteiger partial charge in [-0.25, -0.2) is 0 Å². The summed E-state index contributed by atoms with van der Waals surface area (Å²) >= 11 is 3.41. The van der Waals surface area contributed by atoms with Gasteiger partial charge in [0.15, 0.2) is 0 Å². The van der Waals surface area contributed by atoms with Crippen LogP contribution in [0.2, 0.25) is 0 Å². The lowest BCUT2D eigenvalue weighted by atomic mass is 10.0. The van der Waals surface area contributed by atoms with Gasteiger partial charge >= 0.3 is 0 Å². The van der Waals surface area contributed by atoms with Crippen molar-refractivity contribution in [1.29, 1.82) is 0 Å². The van der Waals surface area contributed by atoms with Crippen LogP contribution in [0.1, 0.15) is 29.8 Å². The Morgan fingerprint density at radius 3 is 2.75 bits per heavy atom. The summed E-state index contributed by atoms with van der Waals surface area (Å²) in [6.07, 6.45) is 0. The normalized spacial score (nSPS) is 20.2. The molecule has 1 unspecified atom stereocenters. The van der Waals surface area contributed by atoms with Crippen molar-refractivity contribution in [2.75, 3.05) is 31.9 Å². The highest BCUT2D eigenvalue weighted by molar-refractivity contribution is 9.10. The van der Waals surface area contributed by atoms with Crippen molar-refractivity contribution in [3.05, 3.63) is 27.7 Å². The maximum absolute atomic E-state index is 12.7. The lowest BCUT2D eigenvalue weighted by molar-refractivity contribution is 0.0527. The standard InChI is InChI=1S/C15H22BrN3O/c1-4-18-5-6-19(9-10(18)2)15(20)13-7-12(16)8-14(17)11(13)3/h7-8,10H,4-6,9,17H2,1-3H3. The van der Waals surface area contributed by atoms with Gasteiger partial charge in [-0.2, -0.15) is 0 Å². The van der Waals surface area contributed by atoms with Gasteiger partial charge in [0, 0.05) is 41.4 Å². The molecule has 1 aliphatic heterocycles. The molecule has 1 aliphatic rings. The van der Waals surface area contributed by atoms with E-state index in [1.54, 1.807) is 0 Å². The number of benzene rings is 1. The molecule has 0 aromatic heterocycles. The molecule has 5 heteroatoms. The molecule has 1 aromatic carbocycles. The number of hydrogen-bond acceptors (Lipinski definition) is 3. The number of halogens is 1. The zero-order valence-electron chi connectivity index (χ0n) is 12.3. The Bertz CT molecular complexity index is 518. The lowest BCUT2D eigenvalue weighted by Gasteiger charge is -2.39. The highest BCUT2D eigenvalue weighted by Crippen LogP contribution is 2.24. The van der Waals surface area contributed by atoms with E-state index >= 15 is 0 Å². The number of hydrogen-bond donors (Lipinski definition) is 1. The molecular formula is C15H22BrN3O.